The topological polar surface area (TPSA) is 64.2 Å². The van der Waals surface area contributed by atoms with Gasteiger partial charge < -0.3 is 5.73 Å². The fourth-order valence-electron chi connectivity index (χ4n) is 0.843. The summed E-state index contributed by atoms with van der Waals surface area (Å²) >= 11 is 0. The van der Waals surface area contributed by atoms with Crippen molar-refractivity contribution in [2.75, 3.05) is 0 Å². The van der Waals surface area contributed by atoms with Gasteiger partial charge in [-0.15, -0.1) is 0 Å². The molecule has 0 aliphatic heterocycles. The molecule has 0 aliphatic rings. The van der Waals surface area contributed by atoms with E-state index in [2.05, 4.69) is 15.0 Å². The van der Waals surface area contributed by atoms with Crippen LogP contribution in [0, 0.1) is 0 Å². The second-order valence-electron chi connectivity index (χ2n) is 3.74. The molecule has 0 bridgehead atoms. The molecule has 0 spiro atoms. The maximum Gasteiger partial charge on any atom is 0.194 e. The summed E-state index contributed by atoms with van der Waals surface area (Å²) in [6.07, 6.45) is 3.29. The molecule has 1 heterocycles. The third kappa shape index (κ3) is 3.19. The molecule has 0 atom stereocenters. The lowest BCUT2D eigenvalue weighted by Crippen LogP contribution is -2.23. The Morgan fingerprint density at radius 1 is 1.31 bits per heavy atom. The molecule has 1 rings (SSSR count). The Labute approximate surface area is 77.9 Å². The van der Waals surface area contributed by atoms with E-state index in [0.29, 0.717) is 11.7 Å². The number of rotatable bonds is 1. The largest absolute Gasteiger partial charge is 0.381 e. The molecular formula is C9H14N4. The predicted molar refractivity (Wildman–Crippen MR) is 52.5 cm³/mol. The van der Waals surface area contributed by atoms with Gasteiger partial charge in [0.05, 0.1) is 5.54 Å². The van der Waals surface area contributed by atoms with Gasteiger partial charge in [-0.05, 0) is 26.8 Å². The number of hydrogen-bond acceptors (Lipinski definition) is 3. The highest BCUT2D eigenvalue weighted by molar-refractivity contribution is 5.94. The maximum atomic E-state index is 5.71. The quantitative estimate of drug-likeness (QED) is 0.515. The monoisotopic (exact) mass is 178 g/mol. The number of hydrogen-bond donors (Lipinski definition) is 1. The van der Waals surface area contributed by atoms with Crippen molar-refractivity contribution in [3.63, 3.8) is 0 Å². The normalized spacial score (nSPS) is 13.0. The zero-order chi connectivity index (χ0) is 9.90. The summed E-state index contributed by atoms with van der Waals surface area (Å²) in [6, 6.07) is 1.74. The van der Waals surface area contributed by atoms with Crippen LogP contribution in [-0.2, 0) is 0 Å². The fraction of sp³-hybridized carbons (Fsp3) is 0.444. The molecule has 0 aromatic carbocycles. The van der Waals surface area contributed by atoms with Gasteiger partial charge >= 0.3 is 0 Å². The van der Waals surface area contributed by atoms with Crippen LogP contribution in [0.1, 0.15) is 26.6 Å². The van der Waals surface area contributed by atoms with E-state index < -0.39 is 0 Å². The number of amidine groups is 1. The first kappa shape index (κ1) is 9.64. The van der Waals surface area contributed by atoms with Crippen LogP contribution in [-0.4, -0.2) is 21.3 Å². The molecule has 70 valence electrons. The van der Waals surface area contributed by atoms with E-state index in [-0.39, 0.29) is 5.54 Å². The number of aromatic nitrogens is 2. The lowest BCUT2D eigenvalue weighted by molar-refractivity contribution is 0.582. The third-order valence-electron chi connectivity index (χ3n) is 1.25. The molecule has 0 amide bonds. The van der Waals surface area contributed by atoms with E-state index in [1.165, 1.54) is 0 Å². The Morgan fingerprint density at radius 3 is 2.31 bits per heavy atom. The van der Waals surface area contributed by atoms with Gasteiger partial charge in [-0.2, -0.15) is 0 Å². The average Bonchev–Trinajstić information content (AvgIpc) is 2.03. The maximum absolute atomic E-state index is 5.71. The van der Waals surface area contributed by atoms with Crippen LogP contribution in [0.2, 0.25) is 0 Å². The van der Waals surface area contributed by atoms with E-state index >= 15 is 0 Å². The molecule has 1 aromatic rings. The molecule has 13 heavy (non-hydrogen) atoms. The fourth-order valence-corrected chi connectivity index (χ4v) is 0.843. The van der Waals surface area contributed by atoms with Crippen molar-refractivity contribution in [1.82, 2.24) is 9.97 Å². The van der Waals surface area contributed by atoms with Gasteiger partial charge in [0.15, 0.2) is 11.7 Å². The summed E-state index contributed by atoms with van der Waals surface area (Å²) in [5, 5.41) is 0. The minimum Gasteiger partial charge on any atom is -0.381 e. The van der Waals surface area contributed by atoms with E-state index in [0.717, 1.165) is 0 Å². The molecule has 0 radical (unpaired) electrons. The lowest BCUT2D eigenvalue weighted by atomic mass is 10.1. The molecule has 4 heteroatoms. The van der Waals surface area contributed by atoms with Crippen LogP contribution in [0.4, 0.5) is 0 Å². The van der Waals surface area contributed by atoms with Gasteiger partial charge in [-0.3, -0.25) is 4.99 Å². The molecule has 0 saturated heterocycles. The second-order valence-corrected chi connectivity index (χ2v) is 3.74. The van der Waals surface area contributed by atoms with E-state index in [1.807, 2.05) is 20.8 Å². The SMILES string of the molecule is CC(C)(C)N=C(N)c1ncccn1. The average molecular weight is 178 g/mol. The Hall–Kier alpha value is -1.45. The molecule has 0 saturated carbocycles. The zero-order valence-electron chi connectivity index (χ0n) is 8.15. The van der Waals surface area contributed by atoms with Crippen molar-refractivity contribution >= 4 is 5.84 Å². The van der Waals surface area contributed by atoms with Gasteiger partial charge in [0.2, 0.25) is 0 Å². The van der Waals surface area contributed by atoms with Crippen molar-refractivity contribution in [2.24, 2.45) is 10.7 Å². The van der Waals surface area contributed by atoms with Crippen molar-refractivity contribution in [3.8, 4) is 0 Å². The molecule has 0 unspecified atom stereocenters. The Balaban J connectivity index is 2.92. The number of aliphatic imine (C=N–C) groups is 1. The first-order valence-corrected chi connectivity index (χ1v) is 4.12. The summed E-state index contributed by atoms with van der Waals surface area (Å²) in [5.41, 5.74) is 5.51. The van der Waals surface area contributed by atoms with Crippen molar-refractivity contribution in [1.29, 1.82) is 0 Å². The van der Waals surface area contributed by atoms with Gasteiger partial charge in [-0.25, -0.2) is 9.97 Å². The van der Waals surface area contributed by atoms with Crippen LogP contribution in [0.3, 0.4) is 0 Å². The minimum atomic E-state index is -0.191. The van der Waals surface area contributed by atoms with E-state index in [1.54, 1.807) is 18.5 Å². The Bertz CT molecular complexity index is 297. The molecular weight excluding hydrogens is 164 g/mol. The van der Waals surface area contributed by atoms with Gasteiger partial charge in [-0.1, -0.05) is 0 Å². The highest BCUT2D eigenvalue weighted by atomic mass is 15.0. The number of nitrogens with zero attached hydrogens (tertiary/aromatic N) is 3. The Morgan fingerprint density at radius 2 is 1.85 bits per heavy atom. The van der Waals surface area contributed by atoms with Gasteiger partial charge in [0.1, 0.15) is 0 Å². The standard InChI is InChI=1S/C9H14N4/c1-9(2,3)13-7(10)8-11-5-4-6-12-8/h4-6H,1-3H3,(H2,10,13). The zero-order valence-corrected chi connectivity index (χ0v) is 8.15. The van der Waals surface area contributed by atoms with Gasteiger partial charge in [0.25, 0.3) is 0 Å². The van der Waals surface area contributed by atoms with E-state index in [9.17, 15) is 0 Å². The summed E-state index contributed by atoms with van der Waals surface area (Å²) in [7, 11) is 0. The van der Waals surface area contributed by atoms with Crippen LogP contribution >= 0.6 is 0 Å². The van der Waals surface area contributed by atoms with Crippen molar-refractivity contribution in [2.45, 2.75) is 26.3 Å². The second kappa shape index (κ2) is 3.51. The highest BCUT2D eigenvalue weighted by Crippen LogP contribution is 2.06. The highest BCUT2D eigenvalue weighted by Gasteiger charge is 2.10. The first-order chi connectivity index (χ1) is 5.99. The van der Waals surface area contributed by atoms with Crippen LogP contribution in [0.25, 0.3) is 0 Å². The Kier molecular flexibility index (Phi) is 2.60. The molecule has 0 aliphatic carbocycles. The summed E-state index contributed by atoms with van der Waals surface area (Å²) in [5.74, 6) is 0.866. The molecule has 0 fully saturated rings. The summed E-state index contributed by atoms with van der Waals surface area (Å²) in [4.78, 5) is 12.2. The van der Waals surface area contributed by atoms with Crippen molar-refractivity contribution < 1.29 is 0 Å². The predicted octanol–water partition coefficient (Wildman–Crippen LogP) is 0.980. The van der Waals surface area contributed by atoms with Crippen molar-refractivity contribution in [3.05, 3.63) is 24.3 Å². The van der Waals surface area contributed by atoms with Crippen LogP contribution in [0.15, 0.2) is 23.5 Å². The van der Waals surface area contributed by atoms with Gasteiger partial charge in [0, 0.05) is 12.4 Å². The van der Waals surface area contributed by atoms with E-state index in [4.69, 9.17) is 5.73 Å². The summed E-state index contributed by atoms with van der Waals surface area (Å²) in [6.45, 7) is 5.93. The van der Waals surface area contributed by atoms with Crippen LogP contribution in [0.5, 0.6) is 0 Å². The molecule has 1 aromatic heterocycles. The third-order valence-corrected chi connectivity index (χ3v) is 1.25. The lowest BCUT2D eigenvalue weighted by Gasteiger charge is -2.12. The first-order valence-electron chi connectivity index (χ1n) is 4.12. The smallest absolute Gasteiger partial charge is 0.194 e. The minimum absolute atomic E-state index is 0.191. The van der Waals surface area contributed by atoms with Crippen LogP contribution < -0.4 is 5.73 Å². The summed E-state index contributed by atoms with van der Waals surface area (Å²) < 4.78 is 0. The molecule has 4 nitrogen and oxygen atoms in total. The molecule has 2 N–H and O–H groups in total. The number of nitrogens with two attached hydrogens (primary N) is 1.